The van der Waals surface area contributed by atoms with Gasteiger partial charge in [0.15, 0.2) is 5.78 Å². The zero-order chi connectivity index (χ0) is 7.98. The summed E-state index contributed by atoms with van der Waals surface area (Å²) in [6.45, 7) is 3.51. The summed E-state index contributed by atoms with van der Waals surface area (Å²) >= 11 is 0. The monoisotopic (exact) mass is 142 g/mol. The van der Waals surface area contributed by atoms with Crippen molar-refractivity contribution in [3.8, 4) is 0 Å². The summed E-state index contributed by atoms with van der Waals surface area (Å²) in [5, 5.41) is 8.72. The van der Waals surface area contributed by atoms with Crippen molar-refractivity contribution in [2.45, 2.75) is 32.8 Å². The molecule has 0 heterocycles. The minimum atomic E-state index is -0.854. The third-order valence-electron chi connectivity index (χ3n) is 1.15. The van der Waals surface area contributed by atoms with Gasteiger partial charge in [-0.25, -0.2) is 0 Å². The summed E-state index contributed by atoms with van der Waals surface area (Å²) in [5.41, 5.74) is 0. The molecule has 2 nitrogen and oxygen atoms in total. The Morgan fingerprint density at radius 3 is 2.70 bits per heavy atom. The van der Waals surface area contributed by atoms with Crippen LogP contribution in [0.4, 0.5) is 0 Å². The summed E-state index contributed by atoms with van der Waals surface area (Å²) < 4.78 is 0. The van der Waals surface area contributed by atoms with Crippen LogP contribution in [-0.4, -0.2) is 17.0 Å². The number of carbonyl (C=O) groups is 1. The van der Waals surface area contributed by atoms with Crippen LogP contribution in [0.5, 0.6) is 0 Å². The van der Waals surface area contributed by atoms with Crippen LogP contribution in [0.15, 0.2) is 12.2 Å². The van der Waals surface area contributed by atoms with Crippen LogP contribution in [0.3, 0.4) is 0 Å². The molecule has 1 unspecified atom stereocenters. The van der Waals surface area contributed by atoms with Crippen LogP contribution >= 0.6 is 0 Å². The predicted octanol–water partition coefficient (Wildman–Crippen LogP) is 1.29. The van der Waals surface area contributed by atoms with Crippen molar-refractivity contribution < 1.29 is 9.90 Å². The number of aliphatic hydroxyl groups is 1. The zero-order valence-electron chi connectivity index (χ0n) is 6.50. The largest absolute Gasteiger partial charge is 0.385 e. The standard InChI is InChI=1S/C8H14O2/c1-3-4-5-6-8(10)7(2)9/h5-7,9H,3-4H2,1-2H3. The van der Waals surface area contributed by atoms with Crippen molar-refractivity contribution in [2.75, 3.05) is 0 Å². The van der Waals surface area contributed by atoms with E-state index < -0.39 is 6.10 Å². The number of aliphatic hydroxyl groups excluding tert-OH is 1. The second-order valence-corrected chi connectivity index (χ2v) is 2.27. The molecule has 0 aliphatic carbocycles. The Morgan fingerprint density at radius 1 is 1.70 bits per heavy atom. The minimum absolute atomic E-state index is 0.214. The highest BCUT2D eigenvalue weighted by Crippen LogP contribution is 1.91. The van der Waals surface area contributed by atoms with Gasteiger partial charge in [0.25, 0.3) is 0 Å². The van der Waals surface area contributed by atoms with Gasteiger partial charge in [0.1, 0.15) is 6.10 Å². The van der Waals surface area contributed by atoms with Gasteiger partial charge in [-0.15, -0.1) is 0 Å². The SMILES string of the molecule is CCCC=CC(=O)C(C)O. The van der Waals surface area contributed by atoms with Crippen molar-refractivity contribution in [2.24, 2.45) is 0 Å². The van der Waals surface area contributed by atoms with E-state index in [9.17, 15) is 4.79 Å². The molecule has 1 atom stereocenters. The molecule has 0 amide bonds. The lowest BCUT2D eigenvalue weighted by Crippen LogP contribution is -2.12. The molecule has 0 radical (unpaired) electrons. The van der Waals surface area contributed by atoms with Crippen molar-refractivity contribution in [1.82, 2.24) is 0 Å². The topological polar surface area (TPSA) is 37.3 Å². The molecule has 0 aliphatic rings. The van der Waals surface area contributed by atoms with E-state index in [4.69, 9.17) is 5.11 Å². The van der Waals surface area contributed by atoms with Crippen molar-refractivity contribution in [1.29, 1.82) is 0 Å². The average molecular weight is 142 g/mol. The van der Waals surface area contributed by atoms with E-state index in [1.807, 2.05) is 6.92 Å². The Hall–Kier alpha value is -0.630. The number of hydrogen-bond donors (Lipinski definition) is 1. The van der Waals surface area contributed by atoms with E-state index in [1.54, 1.807) is 6.08 Å². The van der Waals surface area contributed by atoms with Gasteiger partial charge in [-0.1, -0.05) is 19.4 Å². The van der Waals surface area contributed by atoms with E-state index in [0.29, 0.717) is 0 Å². The summed E-state index contributed by atoms with van der Waals surface area (Å²) in [7, 11) is 0. The molecule has 0 aromatic rings. The molecule has 0 aliphatic heterocycles. The molecule has 10 heavy (non-hydrogen) atoms. The molecular weight excluding hydrogens is 128 g/mol. The summed E-state index contributed by atoms with van der Waals surface area (Å²) in [6, 6.07) is 0. The van der Waals surface area contributed by atoms with Gasteiger partial charge in [-0.2, -0.15) is 0 Å². The lowest BCUT2D eigenvalue weighted by atomic mass is 10.2. The number of rotatable bonds is 4. The van der Waals surface area contributed by atoms with Gasteiger partial charge >= 0.3 is 0 Å². The zero-order valence-corrected chi connectivity index (χ0v) is 6.50. The molecule has 0 bridgehead atoms. The van der Waals surface area contributed by atoms with Crippen LogP contribution in [0, 0.1) is 0 Å². The highest BCUT2D eigenvalue weighted by molar-refractivity contribution is 5.92. The molecular formula is C8H14O2. The first kappa shape index (κ1) is 9.37. The predicted molar refractivity (Wildman–Crippen MR) is 40.7 cm³/mol. The highest BCUT2D eigenvalue weighted by atomic mass is 16.3. The fourth-order valence-corrected chi connectivity index (χ4v) is 0.505. The fraction of sp³-hybridized carbons (Fsp3) is 0.625. The van der Waals surface area contributed by atoms with E-state index in [-0.39, 0.29) is 5.78 Å². The first-order chi connectivity index (χ1) is 4.68. The van der Waals surface area contributed by atoms with E-state index in [0.717, 1.165) is 12.8 Å². The smallest absolute Gasteiger partial charge is 0.183 e. The summed E-state index contributed by atoms with van der Waals surface area (Å²) in [6.07, 6.45) is 4.30. The average Bonchev–Trinajstić information content (AvgIpc) is 1.88. The maximum Gasteiger partial charge on any atom is 0.183 e. The van der Waals surface area contributed by atoms with Gasteiger partial charge in [0.2, 0.25) is 0 Å². The Kier molecular flexibility index (Phi) is 4.85. The van der Waals surface area contributed by atoms with Crippen molar-refractivity contribution in [3.63, 3.8) is 0 Å². The van der Waals surface area contributed by atoms with Crippen LogP contribution in [0.25, 0.3) is 0 Å². The molecule has 0 aromatic heterocycles. The Labute approximate surface area is 61.6 Å². The third kappa shape index (κ3) is 4.27. The molecule has 1 N–H and O–H groups in total. The Morgan fingerprint density at radius 2 is 2.30 bits per heavy atom. The second-order valence-electron chi connectivity index (χ2n) is 2.27. The normalized spacial score (nSPS) is 13.9. The molecule has 0 aromatic carbocycles. The van der Waals surface area contributed by atoms with E-state index in [2.05, 4.69) is 0 Å². The number of allylic oxidation sites excluding steroid dienone is 1. The van der Waals surface area contributed by atoms with Crippen molar-refractivity contribution >= 4 is 5.78 Å². The first-order valence-electron chi connectivity index (χ1n) is 3.57. The molecule has 0 rings (SSSR count). The third-order valence-corrected chi connectivity index (χ3v) is 1.15. The van der Waals surface area contributed by atoms with Crippen LogP contribution in [0.2, 0.25) is 0 Å². The number of unbranched alkanes of at least 4 members (excludes halogenated alkanes) is 1. The lowest BCUT2D eigenvalue weighted by molar-refractivity contribution is -0.121. The number of ketones is 1. The number of carbonyl (C=O) groups excluding carboxylic acids is 1. The van der Waals surface area contributed by atoms with Crippen LogP contribution in [-0.2, 0) is 4.79 Å². The molecule has 0 saturated carbocycles. The second kappa shape index (κ2) is 5.18. The molecule has 2 heteroatoms. The Balaban J connectivity index is 3.56. The molecule has 0 fully saturated rings. The van der Waals surface area contributed by atoms with E-state index in [1.165, 1.54) is 13.0 Å². The van der Waals surface area contributed by atoms with Gasteiger partial charge < -0.3 is 5.11 Å². The minimum Gasteiger partial charge on any atom is -0.385 e. The van der Waals surface area contributed by atoms with Gasteiger partial charge in [0, 0.05) is 0 Å². The molecule has 0 spiro atoms. The highest BCUT2D eigenvalue weighted by Gasteiger charge is 2.01. The van der Waals surface area contributed by atoms with Gasteiger partial charge in [-0.05, 0) is 19.4 Å². The summed E-state index contributed by atoms with van der Waals surface area (Å²) in [5.74, 6) is -0.214. The first-order valence-corrected chi connectivity index (χ1v) is 3.57. The number of hydrogen-bond acceptors (Lipinski definition) is 2. The Bertz CT molecular complexity index is 125. The quantitative estimate of drug-likeness (QED) is 0.600. The lowest BCUT2D eigenvalue weighted by Gasteiger charge is -1.94. The van der Waals surface area contributed by atoms with E-state index >= 15 is 0 Å². The fourth-order valence-electron chi connectivity index (χ4n) is 0.505. The maximum atomic E-state index is 10.7. The maximum absolute atomic E-state index is 10.7. The van der Waals surface area contributed by atoms with Gasteiger partial charge in [0.05, 0.1) is 0 Å². The van der Waals surface area contributed by atoms with Crippen molar-refractivity contribution in [3.05, 3.63) is 12.2 Å². The van der Waals surface area contributed by atoms with Crippen LogP contribution in [0.1, 0.15) is 26.7 Å². The molecule has 0 saturated heterocycles. The van der Waals surface area contributed by atoms with Crippen LogP contribution < -0.4 is 0 Å². The summed E-state index contributed by atoms with van der Waals surface area (Å²) in [4.78, 5) is 10.7. The molecule has 58 valence electrons. The van der Waals surface area contributed by atoms with Gasteiger partial charge in [-0.3, -0.25) is 4.79 Å².